The third-order valence-corrected chi connectivity index (χ3v) is 4.88. The van der Waals surface area contributed by atoms with Crippen molar-refractivity contribution < 1.29 is 4.79 Å². The molecule has 25 heavy (non-hydrogen) atoms. The Morgan fingerprint density at radius 3 is 2.60 bits per heavy atom. The number of para-hydroxylation sites is 2. The lowest BCUT2D eigenvalue weighted by Gasteiger charge is -2.07. The summed E-state index contributed by atoms with van der Waals surface area (Å²) in [5, 5.41) is 4.47. The summed E-state index contributed by atoms with van der Waals surface area (Å²) in [5.41, 5.74) is 3.47. The predicted octanol–water partition coefficient (Wildman–Crippen LogP) is 3.65. The molecule has 4 aromatic rings. The Morgan fingerprint density at radius 2 is 1.84 bits per heavy atom. The van der Waals surface area contributed by atoms with Gasteiger partial charge in [0.15, 0.2) is 0 Å². The maximum atomic E-state index is 12.6. The van der Waals surface area contributed by atoms with Gasteiger partial charge in [-0.3, -0.25) is 4.79 Å². The second-order valence-corrected chi connectivity index (χ2v) is 6.43. The van der Waals surface area contributed by atoms with Crippen LogP contribution < -0.4 is 5.32 Å². The number of nitrogens with zero attached hydrogens (tertiary/aromatic N) is 3. The Labute approximate surface area is 149 Å². The number of nitrogens with one attached hydrogen (secondary N) is 1. The number of fused-ring (bicyclic) bond motifs is 2. The molecule has 5 nitrogen and oxygen atoms in total. The molecular formula is C19H17ClN4O. The molecule has 0 aliphatic rings. The maximum Gasteiger partial charge on any atom is 0.268 e. The van der Waals surface area contributed by atoms with E-state index in [0.29, 0.717) is 17.3 Å². The molecule has 0 bridgehead atoms. The second kappa shape index (κ2) is 5.93. The zero-order valence-corrected chi connectivity index (χ0v) is 14.7. The number of imidazole rings is 1. The fraction of sp³-hybridized carbons (Fsp3) is 0.158. The summed E-state index contributed by atoms with van der Waals surface area (Å²) >= 11 is 6.23. The van der Waals surface area contributed by atoms with Gasteiger partial charge in [-0.2, -0.15) is 0 Å². The van der Waals surface area contributed by atoms with Gasteiger partial charge in [-0.25, -0.2) is 4.98 Å². The van der Waals surface area contributed by atoms with E-state index < -0.39 is 0 Å². The van der Waals surface area contributed by atoms with Crippen LogP contribution in [-0.2, 0) is 20.6 Å². The van der Waals surface area contributed by atoms with Gasteiger partial charge in [-0.15, -0.1) is 0 Å². The molecule has 1 N–H and O–H groups in total. The van der Waals surface area contributed by atoms with Gasteiger partial charge in [0.1, 0.15) is 11.5 Å². The predicted molar refractivity (Wildman–Crippen MR) is 99.8 cm³/mol. The molecule has 126 valence electrons. The fourth-order valence-corrected chi connectivity index (χ4v) is 3.37. The molecule has 0 atom stereocenters. The highest BCUT2D eigenvalue weighted by atomic mass is 35.5. The number of carbonyl (C=O) groups excluding carboxylic acids is 1. The minimum Gasteiger partial charge on any atom is -0.344 e. The topological polar surface area (TPSA) is 51.9 Å². The first kappa shape index (κ1) is 15.7. The lowest BCUT2D eigenvalue weighted by molar-refractivity contribution is 0.0942. The van der Waals surface area contributed by atoms with Crippen LogP contribution in [0.25, 0.3) is 21.9 Å². The lowest BCUT2D eigenvalue weighted by Crippen LogP contribution is -2.26. The molecule has 2 heterocycles. The third kappa shape index (κ3) is 2.57. The van der Waals surface area contributed by atoms with Crippen LogP contribution in [0.2, 0.25) is 5.02 Å². The normalized spacial score (nSPS) is 11.3. The van der Waals surface area contributed by atoms with E-state index in [2.05, 4.69) is 10.3 Å². The highest BCUT2D eigenvalue weighted by Gasteiger charge is 2.15. The molecule has 2 aromatic heterocycles. The number of hydrogen-bond donors (Lipinski definition) is 1. The molecule has 0 saturated carbocycles. The summed E-state index contributed by atoms with van der Waals surface area (Å²) in [6, 6.07) is 15.4. The second-order valence-electron chi connectivity index (χ2n) is 6.02. The summed E-state index contributed by atoms with van der Waals surface area (Å²) in [6.45, 7) is 0.360. The van der Waals surface area contributed by atoms with Gasteiger partial charge in [0, 0.05) is 30.0 Å². The highest BCUT2D eigenvalue weighted by molar-refractivity contribution is 6.35. The number of rotatable bonds is 3. The molecule has 1 amide bonds. The quantitative estimate of drug-likeness (QED) is 0.612. The number of aryl methyl sites for hydroxylation is 2. The standard InChI is InChI=1S/C19H17ClN4O/c1-23-15-9-5-6-13(20)12(15)10-17(23)19(25)21-11-18-22-14-7-3-4-8-16(14)24(18)2/h3-10H,11H2,1-2H3,(H,21,25). The molecule has 2 aromatic carbocycles. The van der Waals surface area contributed by atoms with E-state index in [9.17, 15) is 4.79 Å². The van der Waals surface area contributed by atoms with E-state index in [-0.39, 0.29) is 5.91 Å². The first-order chi connectivity index (χ1) is 12.1. The van der Waals surface area contributed by atoms with Crippen molar-refractivity contribution in [3.8, 4) is 0 Å². The lowest BCUT2D eigenvalue weighted by atomic mass is 10.2. The Kier molecular flexibility index (Phi) is 3.73. The van der Waals surface area contributed by atoms with Gasteiger partial charge in [0.25, 0.3) is 5.91 Å². The zero-order chi connectivity index (χ0) is 17.6. The van der Waals surface area contributed by atoms with E-state index in [1.54, 1.807) is 0 Å². The largest absolute Gasteiger partial charge is 0.344 e. The monoisotopic (exact) mass is 352 g/mol. The number of aromatic nitrogens is 3. The Hall–Kier alpha value is -2.79. The van der Waals surface area contributed by atoms with Gasteiger partial charge in [0.2, 0.25) is 0 Å². The number of carbonyl (C=O) groups is 1. The smallest absolute Gasteiger partial charge is 0.268 e. The van der Waals surface area contributed by atoms with Gasteiger partial charge in [-0.05, 0) is 30.3 Å². The number of amides is 1. The van der Waals surface area contributed by atoms with Crippen LogP contribution in [0.1, 0.15) is 16.3 Å². The number of halogens is 1. The van der Waals surface area contributed by atoms with Crippen LogP contribution in [0, 0.1) is 0 Å². The van der Waals surface area contributed by atoms with Crippen LogP contribution >= 0.6 is 11.6 Å². The first-order valence-electron chi connectivity index (χ1n) is 7.98. The van der Waals surface area contributed by atoms with Gasteiger partial charge < -0.3 is 14.5 Å². The Bertz CT molecular complexity index is 1110. The molecule has 0 spiro atoms. The van der Waals surface area contributed by atoms with E-state index >= 15 is 0 Å². The fourth-order valence-electron chi connectivity index (χ4n) is 3.15. The minimum absolute atomic E-state index is 0.151. The van der Waals surface area contributed by atoms with Gasteiger partial charge in [-0.1, -0.05) is 29.8 Å². The number of benzene rings is 2. The van der Waals surface area contributed by atoms with E-state index in [4.69, 9.17) is 11.6 Å². The van der Waals surface area contributed by atoms with Crippen molar-refractivity contribution in [1.82, 2.24) is 19.4 Å². The van der Waals surface area contributed by atoms with Gasteiger partial charge in [0.05, 0.1) is 17.6 Å². The summed E-state index contributed by atoms with van der Waals surface area (Å²) in [5.74, 6) is 0.660. The van der Waals surface area contributed by atoms with Crippen LogP contribution in [0.4, 0.5) is 0 Å². The third-order valence-electron chi connectivity index (χ3n) is 4.55. The van der Waals surface area contributed by atoms with Crippen molar-refractivity contribution >= 4 is 39.4 Å². The summed E-state index contributed by atoms with van der Waals surface area (Å²) < 4.78 is 3.85. The average Bonchev–Trinajstić information content (AvgIpc) is 3.12. The van der Waals surface area contributed by atoms with Crippen LogP contribution in [-0.4, -0.2) is 20.0 Å². The molecule has 0 saturated heterocycles. The van der Waals surface area contributed by atoms with Crippen molar-refractivity contribution in [3.63, 3.8) is 0 Å². The maximum absolute atomic E-state index is 12.6. The van der Waals surface area contributed by atoms with Crippen LogP contribution in [0.3, 0.4) is 0 Å². The van der Waals surface area contributed by atoms with Crippen molar-refractivity contribution in [2.75, 3.05) is 0 Å². The molecular weight excluding hydrogens is 336 g/mol. The molecule has 0 aliphatic carbocycles. The first-order valence-corrected chi connectivity index (χ1v) is 8.36. The molecule has 0 unspecified atom stereocenters. The summed E-state index contributed by atoms with van der Waals surface area (Å²) in [7, 11) is 3.82. The summed E-state index contributed by atoms with van der Waals surface area (Å²) in [4.78, 5) is 17.2. The minimum atomic E-state index is -0.151. The van der Waals surface area contributed by atoms with E-state index in [0.717, 1.165) is 27.8 Å². The average molecular weight is 353 g/mol. The molecule has 6 heteroatoms. The molecule has 0 fully saturated rings. The zero-order valence-electron chi connectivity index (χ0n) is 14.0. The number of hydrogen-bond acceptors (Lipinski definition) is 2. The van der Waals surface area contributed by atoms with Crippen molar-refractivity contribution in [2.24, 2.45) is 14.1 Å². The van der Waals surface area contributed by atoms with Crippen LogP contribution in [0.15, 0.2) is 48.5 Å². The Morgan fingerprint density at radius 1 is 1.08 bits per heavy atom. The molecule has 0 aliphatic heterocycles. The van der Waals surface area contributed by atoms with Gasteiger partial charge >= 0.3 is 0 Å². The van der Waals surface area contributed by atoms with Crippen molar-refractivity contribution in [2.45, 2.75) is 6.54 Å². The van der Waals surface area contributed by atoms with E-state index in [1.807, 2.05) is 71.8 Å². The summed E-state index contributed by atoms with van der Waals surface area (Å²) in [6.07, 6.45) is 0. The van der Waals surface area contributed by atoms with E-state index in [1.165, 1.54) is 0 Å². The molecule has 0 radical (unpaired) electrons. The van der Waals surface area contributed by atoms with Crippen LogP contribution in [0.5, 0.6) is 0 Å². The molecule has 4 rings (SSSR count). The SMILES string of the molecule is Cn1c(CNC(=O)c2cc3c(Cl)cccc3n2C)nc2ccccc21. The highest BCUT2D eigenvalue weighted by Crippen LogP contribution is 2.26. The van der Waals surface area contributed by atoms with Crippen molar-refractivity contribution in [1.29, 1.82) is 0 Å². The van der Waals surface area contributed by atoms with Crippen molar-refractivity contribution in [3.05, 3.63) is 65.1 Å². The Balaban J connectivity index is 1.61.